The van der Waals surface area contributed by atoms with Crippen molar-refractivity contribution in [1.82, 2.24) is 20.0 Å². The van der Waals surface area contributed by atoms with Gasteiger partial charge < -0.3 is 9.88 Å². The van der Waals surface area contributed by atoms with Gasteiger partial charge in [0.2, 0.25) is 0 Å². The topological polar surface area (TPSA) is 52.4 Å². The summed E-state index contributed by atoms with van der Waals surface area (Å²) < 4.78 is 0. The molecule has 1 fully saturated rings. The highest BCUT2D eigenvalue weighted by atomic mass is 15.5. The van der Waals surface area contributed by atoms with Gasteiger partial charge in [-0.3, -0.25) is 4.98 Å². The number of anilines is 1. The van der Waals surface area contributed by atoms with E-state index in [9.17, 15) is 0 Å². The first-order chi connectivity index (χ1) is 12.2. The maximum absolute atomic E-state index is 7.10. The Hall–Kier alpha value is -3.07. The van der Waals surface area contributed by atoms with E-state index in [1.54, 1.807) is 5.01 Å². The van der Waals surface area contributed by atoms with Crippen molar-refractivity contribution in [2.24, 2.45) is 0 Å². The van der Waals surface area contributed by atoms with Crippen LogP contribution in [0.1, 0.15) is 12.5 Å². The molecule has 0 aromatic carbocycles. The summed E-state index contributed by atoms with van der Waals surface area (Å²) in [6, 6.07) is 4.66. The number of pyridine rings is 2. The molecule has 0 saturated carbocycles. The molecule has 3 aromatic heterocycles. The van der Waals surface area contributed by atoms with Gasteiger partial charge in [-0.05, 0) is 24.1 Å². The molecule has 1 N–H and O–H groups in total. The van der Waals surface area contributed by atoms with Gasteiger partial charge in [-0.25, -0.2) is 4.98 Å². The molecular weight excluding hydrogens is 312 g/mol. The molecular formula is C19H20N6. The lowest BCUT2D eigenvalue weighted by molar-refractivity contribution is 0.272. The fourth-order valence-electron chi connectivity index (χ4n) is 3.22. The van der Waals surface area contributed by atoms with Crippen LogP contribution in [-0.2, 0) is 6.42 Å². The van der Waals surface area contributed by atoms with Crippen LogP contribution in [0.15, 0.2) is 36.9 Å². The highest BCUT2D eigenvalue weighted by Crippen LogP contribution is 2.32. The molecule has 6 heteroatoms. The Labute approximate surface area is 146 Å². The van der Waals surface area contributed by atoms with E-state index in [0.29, 0.717) is 6.04 Å². The zero-order chi connectivity index (χ0) is 17.4. The van der Waals surface area contributed by atoms with E-state index in [1.165, 1.54) is 5.56 Å². The molecule has 4 heterocycles. The molecule has 1 aliphatic rings. The Morgan fingerprint density at radius 1 is 1.32 bits per heavy atom. The second-order valence-electron chi connectivity index (χ2n) is 6.46. The molecule has 0 radical (unpaired) electrons. The number of nitrogens with zero attached hydrogens (tertiary/aromatic N) is 5. The molecule has 3 aromatic rings. The summed E-state index contributed by atoms with van der Waals surface area (Å²) in [5.41, 5.74) is 5.45. The molecule has 25 heavy (non-hydrogen) atoms. The van der Waals surface area contributed by atoms with E-state index in [4.69, 9.17) is 6.57 Å². The molecule has 0 amide bonds. The number of hydrogen-bond acceptors (Lipinski definition) is 4. The molecule has 0 bridgehead atoms. The molecule has 126 valence electrons. The van der Waals surface area contributed by atoms with Gasteiger partial charge in [-0.2, -0.15) is 11.5 Å². The Kier molecular flexibility index (Phi) is 3.77. The molecule has 6 nitrogen and oxygen atoms in total. The number of fused-ring (bicyclic) bond motifs is 1. The molecule has 4 rings (SSSR count). The average molecular weight is 332 g/mol. The van der Waals surface area contributed by atoms with E-state index in [-0.39, 0.29) is 0 Å². The first-order valence-corrected chi connectivity index (χ1v) is 8.46. The maximum atomic E-state index is 7.10. The fraction of sp³-hybridized carbons (Fsp3) is 0.316. The number of rotatable bonds is 4. The summed E-state index contributed by atoms with van der Waals surface area (Å²) in [6.07, 6.45) is 8.69. The van der Waals surface area contributed by atoms with Crippen LogP contribution in [0.3, 0.4) is 0 Å². The third-order valence-electron chi connectivity index (χ3n) is 4.94. The van der Waals surface area contributed by atoms with E-state index in [0.717, 1.165) is 47.4 Å². The largest absolute Gasteiger partial charge is 0.365 e. The van der Waals surface area contributed by atoms with Crippen molar-refractivity contribution in [1.29, 1.82) is 0 Å². The summed E-state index contributed by atoms with van der Waals surface area (Å²) in [7, 11) is 1.84. The van der Waals surface area contributed by atoms with Crippen LogP contribution < -0.4 is 4.90 Å². The van der Waals surface area contributed by atoms with E-state index in [2.05, 4.69) is 43.9 Å². The average Bonchev–Trinajstić information content (AvgIpc) is 3.03. The van der Waals surface area contributed by atoms with Gasteiger partial charge in [-0.1, -0.05) is 6.92 Å². The lowest BCUT2D eigenvalue weighted by Crippen LogP contribution is -2.56. The number of hydrogen-bond donors (Lipinski definition) is 1. The smallest absolute Gasteiger partial charge is 0.138 e. The molecule has 0 aliphatic carbocycles. The second-order valence-corrected chi connectivity index (χ2v) is 6.46. The summed E-state index contributed by atoms with van der Waals surface area (Å²) in [4.78, 5) is 17.9. The van der Waals surface area contributed by atoms with Gasteiger partial charge in [0.25, 0.3) is 0 Å². The number of aryl methyl sites for hydroxylation is 1. The summed E-state index contributed by atoms with van der Waals surface area (Å²) in [5, 5.41) is 2.81. The minimum Gasteiger partial charge on any atom is -0.365 e. The number of aromatic amines is 1. The van der Waals surface area contributed by atoms with Gasteiger partial charge in [0.05, 0.1) is 18.9 Å². The predicted molar refractivity (Wildman–Crippen MR) is 99.1 cm³/mol. The van der Waals surface area contributed by atoms with Crippen LogP contribution in [0.4, 0.5) is 5.69 Å². The van der Waals surface area contributed by atoms with Crippen molar-refractivity contribution in [2.45, 2.75) is 19.4 Å². The van der Waals surface area contributed by atoms with Gasteiger partial charge >= 0.3 is 0 Å². The molecule has 1 saturated heterocycles. The third-order valence-corrected chi connectivity index (χ3v) is 4.94. The lowest BCUT2D eigenvalue weighted by Gasteiger charge is -2.40. The number of likely N-dealkylation sites (N-methyl/N-ethyl adjacent to an activating group) is 1. The fourth-order valence-corrected chi connectivity index (χ4v) is 3.22. The quantitative estimate of drug-likeness (QED) is 0.589. The van der Waals surface area contributed by atoms with Crippen LogP contribution in [0, 0.1) is 6.57 Å². The summed E-state index contributed by atoms with van der Waals surface area (Å²) in [5.74, 6) is 0. The second kappa shape index (κ2) is 6.10. The number of aromatic nitrogens is 3. The van der Waals surface area contributed by atoms with Crippen LogP contribution in [0.25, 0.3) is 27.1 Å². The summed E-state index contributed by atoms with van der Waals surface area (Å²) in [6.45, 7) is 11.0. The highest BCUT2D eigenvalue weighted by molar-refractivity contribution is 5.95. The Balaban J connectivity index is 1.66. The van der Waals surface area contributed by atoms with Crippen LogP contribution >= 0.6 is 0 Å². The first kappa shape index (κ1) is 15.5. The molecule has 0 atom stereocenters. The van der Waals surface area contributed by atoms with Gasteiger partial charge in [-0.15, -0.1) is 5.01 Å². The minimum absolute atomic E-state index is 0.296. The maximum Gasteiger partial charge on any atom is 0.138 e. The van der Waals surface area contributed by atoms with Crippen molar-refractivity contribution >= 4 is 16.7 Å². The Morgan fingerprint density at radius 3 is 2.92 bits per heavy atom. The molecule has 1 aliphatic heterocycles. The molecule has 0 spiro atoms. The molecule has 0 unspecified atom stereocenters. The van der Waals surface area contributed by atoms with Crippen molar-refractivity contribution < 1.29 is 0 Å². The first-order valence-electron chi connectivity index (χ1n) is 8.46. The Bertz CT molecular complexity index is 948. The normalized spacial score (nSPS) is 14.4. The zero-order valence-corrected chi connectivity index (χ0v) is 14.4. The predicted octanol–water partition coefficient (Wildman–Crippen LogP) is 3.14. The van der Waals surface area contributed by atoms with Crippen molar-refractivity contribution in [3.05, 3.63) is 54.0 Å². The van der Waals surface area contributed by atoms with Crippen LogP contribution in [0.5, 0.6) is 0 Å². The van der Waals surface area contributed by atoms with Crippen molar-refractivity contribution in [3.63, 3.8) is 0 Å². The Morgan fingerprint density at radius 2 is 2.16 bits per heavy atom. The standard InChI is InChI=1S/C19H20N6/c1-4-13-5-14(8-21-7-13)18-10-23-19-17(18)6-15(9-22-19)25-11-16(12-25)24(3)20-2/h5-10,16H,4,11-12H2,1,3H3,(H,22,23). The van der Waals surface area contributed by atoms with Gasteiger partial charge in [0.1, 0.15) is 11.7 Å². The monoisotopic (exact) mass is 332 g/mol. The van der Waals surface area contributed by atoms with Crippen molar-refractivity contribution in [2.75, 3.05) is 25.0 Å². The number of nitrogens with one attached hydrogen (secondary N) is 1. The van der Waals surface area contributed by atoms with Crippen molar-refractivity contribution in [3.8, 4) is 11.1 Å². The van der Waals surface area contributed by atoms with E-state index < -0.39 is 0 Å². The van der Waals surface area contributed by atoms with E-state index in [1.807, 2.05) is 31.8 Å². The van der Waals surface area contributed by atoms with Crippen LogP contribution in [0.2, 0.25) is 0 Å². The highest BCUT2D eigenvalue weighted by Gasteiger charge is 2.33. The number of H-pyrrole nitrogens is 1. The zero-order valence-electron chi connectivity index (χ0n) is 14.4. The lowest BCUT2D eigenvalue weighted by atomic mass is 10.0. The van der Waals surface area contributed by atoms with E-state index >= 15 is 0 Å². The van der Waals surface area contributed by atoms with Gasteiger partial charge in [0, 0.05) is 48.2 Å². The van der Waals surface area contributed by atoms with Crippen LogP contribution in [-0.4, -0.2) is 46.1 Å². The summed E-state index contributed by atoms with van der Waals surface area (Å²) >= 11 is 0. The van der Waals surface area contributed by atoms with Gasteiger partial charge in [0.15, 0.2) is 0 Å². The third kappa shape index (κ3) is 2.68. The SMILES string of the molecule is [C-]#[N+]N(C)C1CN(c2cnc3[nH]cc(-c4cncc(CC)c4)c3c2)C1. The minimum atomic E-state index is 0.296.